The van der Waals surface area contributed by atoms with Crippen LogP contribution in [0.5, 0.6) is 11.5 Å². The van der Waals surface area contributed by atoms with E-state index in [4.69, 9.17) is 21.1 Å². The number of amides is 2. The lowest BCUT2D eigenvalue weighted by Gasteiger charge is -2.31. The first kappa shape index (κ1) is 25.5. The van der Waals surface area contributed by atoms with Crippen molar-refractivity contribution in [1.29, 1.82) is 0 Å². The summed E-state index contributed by atoms with van der Waals surface area (Å²) in [7, 11) is 1.60. The largest absolute Gasteiger partial charge is 0.497 e. The number of halogens is 1. The first-order valence-electron chi connectivity index (χ1n) is 10.7. The lowest BCUT2D eigenvalue weighted by atomic mass is 10.1. The maximum absolute atomic E-state index is 13.1. The minimum atomic E-state index is -0.620. The average Bonchev–Trinajstić information content (AvgIpc) is 2.74. The maximum atomic E-state index is 13.1. The van der Waals surface area contributed by atoms with Gasteiger partial charge in [0, 0.05) is 23.5 Å². The van der Waals surface area contributed by atoms with Crippen molar-refractivity contribution in [1.82, 2.24) is 10.2 Å². The average molecular weight is 461 g/mol. The van der Waals surface area contributed by atoms with Crippen LogP contribution < -0.4 is 14.8 Å². The van der Waals surface area contributed by atoms with Crippen molar-refractivity contribution in [2.24, 2.45) is 0 Å². The Hall–Kier alpha value is -2.73. The summed E-state index contributed by atoms with van der Waals surface area (Å²) in [5.41, 5.74) is 0.508. The minimum absolute atomic E-state index is 0.107. The van der Waals surface area contributed by atoms with E-state index in [1.54, 1.807) is 43.2 Å². The van der Waals surface area contributed by atoms with Crippen LogP contribution in [-0.4, -0.2) is 42.0 Å². The third-order valence-electron chi connectivity index (χ3n) is 4.77. The van der Waals surface area contributed by atoms with Gasteiger partial charge in [-0.2, -0.15) is 0 Å². The number of nitrogens with zero attached hydrogens (tertiary/aromatic N) is 1. The van der Waals surface area contributed by atoms with Crippen molar-refractivity contribution in [3.05, 3.63) is 59.1 Å². The van der Waals surface area contributed by atoms with Gasteiger partial charge < -0.3 is 19.7 Å². The van der Waals surface area contributed by atoms with Crippen LogP contribution in [0.3, 0.4) is 0 Å². The third-order valence-corrected chi connectivity index (χ3v) is 5.02. The molecule has 0 aromatic heterocycles. The van der Waals surface area contributed by atoms with Crippen LogP contribution in [0, 0.1) is 0 Å². The summed E-state index contributed by atoms with van der Waals surface area (Å²) in [6.07, 6.45) is 0.800. The van der Waals surface area contributed by atoms with Crippen molar-refractivity contribution < 1.29 is 19.1 Å². The molecule has 2 rings (SSSR count). The fourth-order valence-corrected chi connectivity index (χ4v) is 3.24. The Labute approximate surface area is 195 Å². The Morgan fingerprint density at radius 1 is 1.09 bits per heavy atom. The van der Waals surface area contributed by atoms with Crippen LogP contribution in [0.15, 0.2) is 48.5 Å². The topological polar surface area (TPSA) is 67.9 Å². The van der Waals surface area contributed by atoms with Gasteiger partial charge in [0.15, 0.2) is 0 Å². The maximum Gasteiger partial charge on any atom is 0.242 e. The second-order valence-electron chi connectivity index (χ2n) is 8.69. The van der Waals surface area contributed by atoms with E-state index in [0.29, 0.717) is 36.1 Å². The van der Waals surface area contributed by atoms with Crippen LogP contribution in [0.4, 0.5) is 0 Å². The van der Waals surface area contributed by atoms with Gasteiger partial charge in [-0.3, -0.25) is 9.59 Å². The molecule has 7 heteroatoms. The van der Waals surface area contributed by atoms with Gasteiger partial charge in [0.1, 0.15) is 17.5 Å². The minimum Gasteiger partial charge on any atom is -0.497 e. The number of methoxy groups -OCH3 is 1. The SMILES string of the molecule is COc1cccc(CN(C(=O)CCCOc2ccc(Cl)cc2)C(C)C(=O)NC(C)(C)C)c1. The molecule has 2 aromatic rings. The highest BCUT2D eigenvalue weighted by atomic mass is 35.5. The summed E-state index contributed by atoms with van der Waals surface area (Å²) in [6.45, 7) is 8.21. The lowest BCUT2D eigenvalue weighted by molar-refractivity contribution is -0.141. The molecule has 1 unspecified atom stereocenters. The first-order chi connectivity index (χ1) is 15.1. The number of hydrogen-bond donors (Lipinski definition) is 1. The Balaban J connectivity index is 2.05. The van der Waals surface area contributed by atoms with Crippen LogP contribution >= 0.6 is 11.6 Å². The van der Waals surface area contributed by atoms with Crippen molar-refractivity contribution in [3.8, 4) is 11.5 Å². The van der Waals surface area contributed by atoms with E-state index in [1.165, 1.54) is 0 Å². The molecule has 0 aliphatic heterocycles. The molecule has 32 heavy (non-hydrogen) atoms. The molecule has 6 nitrogen and oxygen atoms in total. The van der Waals surface area contributed by atoms with E-state index < -0.39 is 6.04 Å². The fourth-order valence-electron chi connectivity index (χ4n) is 3.11. The Morgan fingerprint density at radius 2 is 1.78 bits per heavy atom. The van der Waals surface area contributed by atoms with Gasteiger partial charge in [0.2, 0.25) is 11.8 Å². The van der Waals surface area contributed by atoms with Crippen molar-refractivity contribution in [2.75, 3.05) is 13.7 Å². The number of carbonyl (C=O) groups excluding carboxylic acids is 2. The molecule has 1 N–H and O–H groups in total. The van der Waals surface area contributed by atoms with E-state index >= 15 is 0 Å². The number of hydrogen-bond acceptors (Lipinski definition) is 4. The predicted molar refractivity (Wildman–Crippen MR) is 127 cm³/mol. The molecule has 0 aliphatic rings. The molecule has 0 saturated heterocycles. The highest BCUT2D eigenvalue weighted by Crippen LogP contribution is 2.18. The van der Waals surface area contributed by atoms with E-state index in [0.717, 1.165) is 5.56 Å². The predicted octanol–water partition coefficient (Wildman–Crippen LogP) is 4.84. The quantitative estimate of drug-likeness (QED) is 0.515. The van der Waals surface area contributed by atoms with Gasteiger partial charge in [0.05, 0.1) is 13.7 Å². The van der Waals surface area contributed by atoms with Crippen molar-refractivity contribution in [3.63, 3.8) is 0 Å². The highest BCUT2D eigenvalue weighted by molar-refractivity contribution is 6.30. The van der Waals surface area contributed by atoms with Crippen molar-refractivity contribution >= 4 is 23.4 Å². The molecule has 1 atom stereocenters. The van der Waals surface area contributed by atoms with Gasteiger partial charge in [-0.15, -0.1) is 0 Å². The van der Waals surface area contributed by atoms with Crippen LogP contribution in [0.25, 0.3) is 0 Å². The smallest absolute Gasteiger partial charge is 0.242 e. The summed E-state index contributed by atoms with van der Waals surface area (Å²) in [4.78, 5) is 27.5. The zero-order valence-corrected chi connectivity index (χ0v) is 20.2. The molecule has 2 aromatic carbocycles. The summed E-state index contributed by atoms with van der Waals surface area (Å²) in [5, 5.41) is 3.60. The van der Waals surface area contributed by atoms with Gasteiger partial charge >= 0.3 is 0 Å². The van der Waals surface area contributed by atoms with Crippen LogP contribution in [-0.2, 0) is 16.1 Å². The fraction of sp³-hybridized carbons (Fsp3) is 0.440. The summed E-state index contributed by atoms with van der Waals surface area (Å²) >= 11 is 5.88. The summed E-state index contributed by atoms with van der Waals surface area (Å²) in [6, 6.07) is 14.0. The normalized spacial score (nSPS) is 12.1. The van der Waals surface area contributed by atoms with Gasteiger partial charge in [-0.05, 0) is 76.1 Å². The van der Waals surface area contributed by atoms with E-state index in [-0.39, 0.29) is 23.8 Å². The zero-order chi connectivity index (χ0) is 23.7. The Kier molecular flexibility index (Phi) is 9.39. The molecular formula is C25H33ClN2O4. The second-order valence-corrected chi connectivity index (χ2v) is 9.13. The molecule has 0 radical (unpaired) electrons. The molecule has 0 aliphatic carbocycles. The monoisotopic (exact) mass is 460 g/mol. The van der Waals surface area contributed by atoms with Crippen LogP contribution in [0.2, 0.25) is 5.02 Å². The number of ether oxygens (including phenoxy) is 2. The Morgan fingerprint density at radius 3 is 2.41 bits per heavy atom. The molecule has 0 fully saturated rings. The Bertz CT molecular complexity index is 894. The molecule has 0 heterocycles. The summed E-state index contributed by atoms with van der Waals surface area (Å²) < 4.78 is 11.0. The number of benzene rings is 2. The second kappa shape index (κ2) is 11.8. The number of rotatable bonds is 10. The van der Waals surface area contributed by atoms with E-state index in [1.807, 2.05) is 45.0 Å². The molecule has 0 spiro atoms. The number of carbonyl (C=O) groups is 2. The molecule has 174 valence electrons. The van der Waals surface area contributed by atoms with E-state index in [2.05, 4.69) is 5.32 Å². The van der Waals surface area contributed by atoms with Crippen LogP contribution in [0.1, 0.15) is 46.1 Å². The number of nitrogens with one attached hydrogen (secondary N) is 1. The standard InChI is InChI=1S/C25H33ClN2O4/c1-18(24(30)27-25(2,3)4)28(17-19-8-6-9-22(16-19)31-5)23(29)10-7-15-32-21-13-11-20(26)12-14-21/h6,8-9,11-14,16,18H,7,10,15,17H2,1-5H3,(H,27,30). The molecule has 0 bridgehead atoms. The lowest BCUT2D eigenvalue weighted by Crippen LogP contribution is -2.52. The van der Waals surface area contributed by atoms with E-state index in [9.17, 15) is 9.59 Å². The first-order valence-corrected chi connectivity index (χ1v) is 11.1. The molecule has 0 saturated carbocycles. The van der Waals surface area contributed by atoms with Gasteiger partial charge in [0.25, 0.3) is 0 Å². The van der Waals surface area contributed by atoms with Gasteiger partial charge in [-0.25, -0.2) is 0 Å². The zero-order valence-electron chi connectivity index (χ0n) is 19.5. The summed E-state index contributed by atoms with van der Waals surface area (Å²) in [5.74, 6) is 1.11. The molecule has 2 amide bonds. The van der Waals surface area contributed by atoms with Gasteiger partial charge in [-0.1, -0.05) is 23.7 Å². The third kappa shape index (κ3) is 8.42. The van der Waals surface area contributed by atoms with Crippen molar-refractivity contribution in [2.45, 2.75) is 58.7 Å². The molecular weight excluding hydrogens is 428 g/mol. The highest BCUT2D eigenvalue weighted by Gasteiger charge is 2.28.